The molecular formula is C15H22N4O. The minimum Gasteiger partial charge on any atom is -0.399 e. The third kappa shape index (κ3) is 2.51. The van der Waals surface area contributed by atoms with Crippen molar-refractivity contribution in [2.45, 2.75) is 39.0 Å². The number of aliphatic hydroxyl groups excluding tert-OH is 1. The standard InChI is InChI=1S/C15H22N4O/c1-2-18(12-4-5-12)7-8-19-14-6-3-11(16)9-13(14)17-15(19)10-20/h3,6,9,12,20H,2,4-5,7-8,10,16H2,1H3. The van der Waals surface area contributed by atoms with Crippen LogP contribution in [-0.4, -0.2) is 38.7 Å². The molecule has 20 heavy (non-hydrogen) atoms. The predicted molar refractivity (Wildman–Crippen MR) is 80.3 cm³/mol. The molecule has 0 atom stereocenters. The zero-order valence-electron chi connectivity index (χ0n) is 11.9. The van der Waals surface area contributed by atoms with Gasteiger partial charge in [0.25, 0.3) is 0 Å². The SMILES string of the molecule is CCN(CCn1c(CO)nc2cc(N)ccc21)C1CC1. The van der Waals surface area contributed by atoms with Crippen LogP contribution in [0.4, 0.5) is 5.69 Å². The highest BCUT2D eigenvalue weighted by Gasteiger charge is 2.27. The number of nitrogens with zero attached hydrogens (tertiary/aromatic N) is 3. The van der Waals surface area contributed by atoms with E-state index < -0.39 is 0 Å². The zero-order valence-corrected chi connectivity index (χ0v) is 11.9. The topological polar surface area (TPSA) is 67.3 Å². The van der Waals surface area contributed by atoms with Crippen molar-refractivity contribution in [3.05, 3.63) is 24.0 Å². The van der Waals surface area contributed by atoms with E-state index in [1.165, 1.54) is 12.8 Å². The fourth-order valence-corrected chi connectivity index (χ4v) is 2.83. The van der Waals surface area contributed by atoms with E-state index in [-0.39, 0.29) is 6.61 Å². The van der Waals surface area contributed by atoms with Gasteiger partial charge in [-0.2, -0.15) is 0 Å². The summed E-state index contributed by atoms with van der Waals surface area (Å²) >= 11 is 0. The van der Waals surface area contributed by atoms with Crippen LogP contribution in [0.15, 0.2) is 18.2 Å². The van der Waals surface area contributed by atoms with Gasteiger partial charge >= 0.3 is 0 Å². The number of imidazole rings is 1. The number of hydrogen-bond donors (Lipinski definition) is 2. The molecule has 0 spiro atoms. The van der Waals surface area contributed by atoms with E-state index >= 15 is 0 Å². The lowest BCUT2D eigenvalue weighted by molar-refractivity contribution is 0.248. The molecule has 1 heterocycles. The molecular weight excluding hydrogens is 252 g/mol. The van der Waals surface area contributed by atoms with E-state index in [2.05, 4.69) is 21.4 Å². The average Bonchev–Trinajstić information content (AvgIpc) is 3.22. The number of benzene rings is 1. The molecule has 0 amide bonds. The number of anilines is 1. The summed E-state index contributed by atoms with van der Waals surface area (Å²) in [5.74, 6) is 0.720. The molecule has 0 bridgehead atoms. The summed E-state index contributed by atoms with van der Waals surface area (Å²) in [6.07, 6.45) is 2.64. The van der Waals surface area contributed by atoms with E-state index in [9.17, 15) is 5.11 Å². The highest BCUT2D eigenvalue weighted by atomic mass is 16.3. The molecule has 0 radical (unpaired) electrons. The Hall–Kier alpha value is -1.59. The minimum atomic E-state index is -0.0376. The number of aromatic nitrogens is 2. The summed E-state index contributed by atoms with van der Waals surface area (Å²) in [5, 5.41) is 9.50. The van der Waals surface area contributed by atoms with Crippen LogP contribution in [0.3, 0.4) is 0 Å². The fraction of sp³-hybridized carbons (Fsp3) is 0.533. The summed E-state index contributed by atoms with van der Waals surface area (Å²) in [6.45, 7) is 5.12. The zero-order chi connectivity index (χ0) is 14.1. The van der Waals surface area contributed by atoms with Crippen molar-refractivity contribution in [2.24, 2.45) is 0 Å². The van der Waals surface area contributed by atoms with Crippen LogP contribution >= 0.6 is 0 Å². The van der Waals surface area contributed by atoms with Gasteiger partial charge in [0.15, 0.2) is 0 Å². The first kappa shape index (κ1) is 13.4. The van der Waals surface area contributed by atoms with Gasteiger partial charge in [-0.1, -0.05) is 6.92 Å². The van der Waals surface area contributed by atoms with Crippen molar-refractivity contribution < 1.29 is 5.11 Å². The van der Waals surface area contributed by atoms with Gasteiger partial charge in [-0.15, -0.1) is 0 Å². The number of likely N-dealkylation sites (N-methyl/N-ethyl adjacent to an activating group) is 1. The molecule has 1 aliphatic carbocycles. The highest BCUT2D eigenvalue weighted by molar-refractivity contribution is 5.79. The summed E-state index contributed by atoms with van der Waals surface area (Å²) in [7, 11) is 0. The second-order valence-electron chi connectivity index (χ2n) is 5.45. The van der Waals surface area contributed by atoms with Gasteiger partial charge in [-0.05, 0) is 37.6 Å². The summed E-state index contributed by atoms with van der Waals surface area (Å²) in [4.78, 5) is 6.97. The molecule has 5 heteroatoms. The minimum absolute atomic E-state index is 0.0376. The molecule has 1 aliphatic rings. The third-order valence-corrected chi connectivity index (χ3v) is 4.07. The van der Waals surface area contributed by atoms with Gasteiger partial charge < -0.3 is 15.4 Å². The summed E-state index contributed by atoms with van der Waals surface area (Å²) in [5.41, 5.74) is 8.42. The van der Waals surface area contributed by atoms with Gasteiger partial charge in [-0.25, -0.2) is 4.98 Å². The number of aliphatic hydroxyl groups is 1. The fourth-order valence-electron chi connectivity index (χ4n) is 2.83. The smallest absolute Gasteiger partial charge is 0.135 e. The maximum absolute atomic E-state index is 9.50. The number of fused-ring (bicyclic) bond motifs is 1. The predicted octanol–water partition coefficient (Wildman–Crippen LogP) is 1.60. The normalized spacial score (nSPS) is 15.3. The van der Waals surface area contributed by atoms with E-state index in [0.29, 0.717) is 5.69 Å². The lowest BCUT2D eigenvalue weighted by atomic mass is 10.3. The largest absolute Gasteiger partial charge is 0.399 e. The molecule has 0 saturated heterocycles. The van der Waals surface area contributed by atoms with E-state index in [1.807, 2.05) is 18.2 Å². The Labute approximate surface area is 119 Å². The maximum Gasteiger partial charge on any atom is 0.135 e. The highest BCUT2D eigenvalue weighted by Crippen LogP contribution is 2.26. The number of rotatable bonds is 6. The second-order valence-corrected chi connectivity index (χ2v) is 5.45. The maximum atomic E-state index is 9.50. The first-order valence-electron chi connectivity index (χ1n) is 7.32. The Morgan fingerprint density at radius 2 is 2.25 bits per heavy atom. The van der Waals surface area contributed by atoms with Crippen molar-refractivity contribution in [2.75, 3.05) is 18.8 Å². The van der Waals surface area contributed by atoms with E-state index in [4.69, 9.17) is 5.73 Å². The van der Waals surface area contributed by atoms with Gasteiger partial charge in [0.1, 0.15) is 12.4 Å². The molecule has 1 aromatic heterocycles. The second kappa shape index (κ2) is 5.42. The van der Waals surface area contributed by atoms with Crippen LogP contribution < -0.4 is 5.73 Å². The van der Waals surface area contributed by atoms with Crippen LogP contribution in [-0.2, 0) is 13.2 Å². The van der Waals surface area contributed by atoms with Crippen LogP contribution in [0.1, 0.15) is 25.6 Å². The lowest BCUT2D eigenvalue weighted by Crippen LogP contribution is -2.29. The molecule has 3 rings (SSSR count). The third-order valence-electron chi connectivity index (χ3n) is 4.07. The monoisotopic (exact) mass is 274 g/mol. The van der Waals surface area contributed by atoms with E-state index in [0.717, 1.165) is 42.5 Å². The van der Waals surface area contributed by atoms with Crippen molar-refractivity contribution in [3.8, 4) is 0 Å². The molecule has 1 aromatic carbocycles. The molecule has 3 N–H and O–H groups in total. The average molecular weight is 274 g/mol. The van der Waals surface area contributed by atoms with Gasteiger partial charge in [-0.3, -0.25) is 4.90 Å². The first-order valence-corrected chi connectivity index (χ1v) is 7.32. The number of hydrogen-bond acceptors (Lipinski definition) is 4. The van der Waals surface area contributed by atoms with Gasteiger partial charge in [0.2, 0.25) is 0 Å². The molecule has 0 aliphatic heterocycles. The van der Waals surface area contributed by atoms with Gasteiger partial charge in [0, 0.05) is 24.8 Å². The van der Waals surface area contributed by atoms with Crippen LogP contribution in [0.2, 0.25) is 0 Å². The Kier molecular flexibility index (Phi) is 3.63. The Morgan fingerprint density at radius 3 is 2.90 bits per heavy atom. The molecule has 1 fully saturated rings. The molecule has 5 nitrogen and oxygen atoms in total. The van der Waals surface area contributed by atoms with Crippen LogP contribution in [0, 0.1) is 0 Å². The number of nitrogen functional groups attached to an aromatic ring is 1. The van der Waals surface area contributed by atoms with Crippen molar-refractivity contribution >= 4 is 16.7 Å². The summed E-state index contributed by atoms with van der Waals surface area (Å²) < 4.78 is 2.11. The molecule has 108 valence electrons. The molecule has 2 aromatic rings. The lowest BCUT2D eigenvalue weighted by Gasteiger charge is -2.20. The Morgan fingerprint density at radius 1 is 1.45 bits per heavy atom. The molecule has 0 unspecified atom stereocenters. The van der Waals surface area contributed by atoms with Crippen molar-refractivity contribution in [3.63, 3.8) is 0 Å². The quantitative estimate of drug-likeness (QED) is 0.785. The Bertz CT molecular complexity index is 603. The van der Waals surface area contributed by atoms with Crippen LogP contribution in [0.5, 0.6) is 0 Å². The van der Waals surface area contributed by atoms with Crippen molar-refractivity contribution in [1.29, 1.82) is 0 Å². The van der Waals surface area contributed by atoms with Gasteiger partial charge in [0.05, 0.1) is 11.0 Å². The summed E-state index contributed by atoms with van der Waals surface area (Å²) in [6, 6.07) is 6.51. The first-order chi connectivity index (χ1) is 9.72. The van der Waals surface area contributed by atoms with E-state index in [1.54, 1.807) is 0 Å². The van der Waals surface area contributed by atoms with Crippen LogP contribution in [0.25, 0.3) is 11.0 Å². The Balaban J connectivity index is 1.85. The number of nitrogens with two attached hydrogens (primary N) is 1. The van der Waals surface area contributed by atoms with Crippen molar-refractivity contribution in [1.82, 2.24) is 14.5 Å². The molecule has 1 saturated carbocycles.